The molecule has 0 aromatic heterocycles. The molecule has 1 rings (SSSR count). The summed E-state index contributed by atoms with van der Waals surface area (Å²) in [5, 5.41) is 31.5. The number of unbranched alkanes of at least 4 members (excludes halogenated alkanes) is 26. The zero-order valence-corrected chi connectivity index (χ0v) is 48.7. The van der Waals surface area contributed by atoms with Crippen LogP contribution in [-0.4, -0.2) is 89.2 Å². The fourth-order valence-electron chi connectivity index (χ4n) is 9.02. The smallest absolute Gasteiger partial charge is 0.335 e. The van der Waals surface area contributed by atoms with Crippen LogP contribution in [-0.2, 0) is 42.9 Å². The highest BCUT2D eigenvalue weighted by atomic mass is 16.7. The van der Waals surface area contributed by atoms with E-state index in [2.05, 4.69) is 75.5 Å². The second-order valence-electron chi connectivity index (χ2n) is 20.9. The van der Waals surface area contributed by atoms with Crippen molar-refractivity contribution in [2.24, 2.45) is 0 Å². The summed E-state index contributed by atoms with van der Waals surface area (Å²) in [4.78, 5) is 51.1. The van der Waals surface area contributed by atoms with E-state index in [1.165, 1.54) is 122 Å². The minimum atomic E-state index is -1.93. The van der Waals surface area contributed by atoms with Crippen molar-refractivity contribution in [1.29, 1.82) is 0 Å². The number of esters is 3. The van der Waals surface area contributed by atoms with Gasteiger partial charge in [0.2, 0.25) is 0 Å². The van der Waals surface area contributed by atoms with Gasteiger partial charge in [-0.05, 0) is 96.3 Å². The van der Waals surface area contributed by atoms with Crippen molar-refractivity contribution in [2.75, 3.05) is 13.2 Å². The van der Waals surface area contributed by atoms with Crippen molar-refractivity contribution < 1.29 is 58.2 Å². The maximum atomic E-state index is 13.2. The van der Waals surface area contributed by atoms with E-state index in [1.807, 2.05) is 18.2 Å². The molecule has 1 fully saturated rings. The molecule has 0 aromatic rings. The molecule has 0 spiro atoms. The first-order chi connectivity index (χ1) is 37.6. The van der Waals surface area contributed by atoms with Gasteiger partial charge in [0, 0.05) is 19.3 Å². The molecule has 12 nitrogen and oxygen atoms in total. The van der Waals surface area contributed by atoms with E-state index in [9.17, 15) is 34.5 Å². The highest BCUT2D eigenvalue weighted by molar-refractivity contribution is 5.74. The van der Waals surface area contributed by atoms with E-state index in [0.29, 0.717) is 25.7 Å². The summed E-state index contributed by atoms with van der Waals surface area (Å²) in [6, 6.07) is 0. The SMILES string of the molecule is CC/C=C\C/C=C\C/C=C\C/C=C\CCC(=O)OC1C(OCC(COC(=O)CCCCCCCCCCC/C=C\CCCCCCCC)OC(=O)CCCCCCC/C=C\CCCCCCCC)OC(C(=O)O)C(O)C1O. The van der Waals surface area contributed by atoms with Gasteiger partial charge in [0.25, 0.3) is 0 Å². The van der Waals surface area contributed by atoms with Crippen LogP contribution in [0.15, 0.2) is 72.9 Å². The van der Waals surface area contributed by atoms with Crippen LogP contribution < -0.4 is 0 Å². The zero-order valence-electron chi connectivity index (χ0n) is 48.7. The van der Waals surface area contributed by atoms with Crippen molar-refractivity contribution in [3.05, 3.63) is 72.9 Å². The Morgan fingerprint density at radius 2 is 0.844 bits per heavy atom. The first kappa shape index (κ1) is 71.2. The van der Waals surface area contributed by atoms with Crippen LogP contribution in [0.5, 0.6) is 0 Å². The zero-order chi connectivity index (χ0) is 56.1. The summed E-state index contributed by atoms with van der Waals surface area (Å²) in [5.74, 6) is -3.23. The maximum Gasteiger partial charge on any atom is 0.335 e. The third kappa shape index (κ3) is 42.7. The van der Waals surface area contributed by atoms with Crippen LogP contribution in [0.25, 0.3) is 0 Å². The quantitative estimate of drug-likeness (QED) is 0.0228. The molecule has 1 saturated heterocycles. The first-order valence-corrected chi connectivity index (χ1v) is 30.9. The van der Waals surface area contributed by atoms with Crippen LogP contribution in [0, 0.1) is 0 Å². The van der Waals surface area contributed by atoms with Gasteiger partial charge in [-0.1, -0.05) is 222 Å². The number of carboxylic acids is 1. The number of rotatable bonds is 52. The molecule has 0 aromatic carbocycles. The number of aliphatic hydroxyl groups is 2. The van der Waals surface area contributed by atoms with E-state index in [0.717, 1.165) is 77.0 Å². The topological polar surface area (TPSA) is 175 Å². The lowest BCUT2D eigenvalue weighted by molar-refractivity contribution is -0.301. The summed E-state index contributed by atoms with van der Waals surface area (Å²) in [7, 11) is 0. The van der Waals surface area contributed by atoms with Gasteiger partial charge in [-0.25, -0.2) is 4.79 Å². The molecular formula is C65H110O12. The maximum absolute atomic E-state index is 13.2. The second-order valence-corrected chi connectivity index (χ2v) is 20.9. The Labute approximate surface area is 468 Å². The van der Waals surface area contributed by atoms with Gasteiger partial charge in [0.05, 0.1) is 6.61 Å². The lowest BCUT2D eigenvalue weighted by atomic mass is 9.98. The van der Waals surface area contributed by atoms with E-state index < -0.39 is 67.3 Å². The molecule has 0 bridgehead atoms. The van der Waals surface area contributed by atoms with Crippen LogP contribution >= 0.6 is 0 Å². The number of aliphatic carboxylic acids is 1. The lowest BCUT2D eigenvalue weighted by Crippen LogP contribution is -2.61. The fourth-order valence-corrected chi connectivity index (χ4v) is 9.02. The van der Waals surface area contributed by atoms with Crippen molar-refractivity contribution >= 4 is 23.9 Å². The molecule has 12 heteroatoms. The third-order valence-corrected chi connectivity index (χ3v) is 13.8. The molecular weight excluding hydrogens is 973 g/mol. The largest absolute Gasteiger partial charge is 0.479 e. The molecule has 6 unspecified atom stereocenters. The minimum absolute atomic E-state index is 0.0626. The molecule has 6 atom stereocenters. The van der Waals surface area contributed by atoms with Gasteiger partial charge >= 0.3 is 23.9 Å². The van der Waals surface area contributed by atoms with Gasteiger partial charge in [0.1, 0.15) is 18.8 Å². The number of allylic oxidation sites excluding steroid dienone is 12. The number of carbonyl (C=O) groups is 4. The molecule has 442 valence electrons. The first-order valence-electron chi connectivity index (χ1n) is 30.9. The Morgan fingerprint density at radius 1 is 0.442 bits per heavy atom. The molecule has 1 heterocycles. The normalized spacial score (nSPS) is 18.5. The van der Waals surface area contributed by atoms with Crippen LogP contribution in [0.1, 0.15) is 265 Å². The standard InChI is InChI=1S/C65H110O12/c1-4-7-10-13-16-19-22-25-27-28-29-30-32-34-36-39-42-45-48-51-57(66)73-54-56(75-58(67)52-49-46-43-40-38-35-31-26-23-20-17-14-11-8-5-2)55-74-65-63(61(70)60(69)62(77-65)64(71)72)76-59(68)53-50-47-44-41-37-33-24-21-18-15-12-9-6-3/h9,12,18,21,25-27,31,33,37,44,47,56,60-63,65,69-70H,4-8,10-11,13-17,19-20,22-24,28-30,32,34-36,38-43,45-46,48-55H2,1-3H3,(H,71,72)/b12-9-,21-18-,27-25-,31-26-,37-33-,47-44-. The van der Waals surface area contributed by atoms with Gasteiger partial charge < -0.3 is 39.0 Å². The van der Waals surface area contributed by atoms with Crippen molar-refractivity contribution in [1.82, 2.24) is 0 Å². The number of hydrogen-bond acceptors (Lipinski definition) is 11. The second kappa shape index (κ2) is 52.8. The molecule has 0 radical (unpaired) electrons. The van der Waals surface area contributed by atoms with E-state index in [1.54, 1.807) is 0 Å². The van der Waals surface area contributed by atoms with Crippen LogP contribution in [0.2, 0.25) is 0 Å². The predicted octanol–water partition coefficient (Wildman–Crippen LogP) is 16.1. The number of carbonyl (C=O) groups excluding carboxylic acids is 3. The summed E-state index contributed by atoms with van der Waals surface area (Å²) >= 11 is 0. The van der Waals surface area contributed by atoms with Gasteiger partial charge in [0.15, 0.2) is 24.6 Å². The monoisotopic (exact) mass is 1080 g/mol. The fraction of sp³-hybridized carbons (Fsp3) is 0.754. The Balaban J connectivity index is 2.69. The average Bonchev–Trinajstić information content (AvgIpc) is 3.42. The molecule has 0 aliphatic carbocycles. The Bertz CT molecular complexity index is 1620. The number of carboxylic acid groups (broad SMARTS) is 1. The Kier molecular flexibility index (Phi) is 48.8. The number of hydrogen-bond donors (Lipinski definition) is 3. The highest BCUT2D eigenvalue weighted by Gasteiger charge is 2.50. The Morgan fingerprint density at radius 3 is 1.30 bits per heavy atom. The van der Waals surface area contributed by atoms with Crippen LogP contribution in [0.4, 0.5) is 0 Å². The summed E-state index contributed by atoms with van der Waals surface area (Å²) in [6.45, 7) is 5.84. The molecule has 77 heavy (non-hydrogen) atoms. The third-order valence-electron chi connectivity index (χ3n) is 13.8. The van der Waals surface area contributed by atoms with Gasteiger partial charge in [-0.3, -0.25) is 14.4 Å². The van der Waals surface area contributed by atoms with Crippen molar-refractivity contribution in [2.45, 2.75) is 302 Å². The summed E-state index contributed by atoms with van der Waals surface area (Å²) < 4.78 is 28.4. The number of aliphatic hydroxyl groups excluding tert-OH is 2. The summed E-state index contributed by atoms with van der Waals surface area (Å²) in [6.07, 6.45) is 54.6. The molecule has 0 amide bonds. The lowest BCUT2D eigenvalue weighted by Gasteiger charge is -2.40. The highest BCUT2D eigenvalue weighted by Crippen LogP contribution is 2.26. The molecule has 1 aliphatic rings. The number of ether oxygens (including phenoxy) is 5. The Hall–Kier alpha value is -3.84. The molecule has 1 aliphatic heterocycles. The van der Waals surface area contributed by atoms with E-state index in [4.69, 9.17) is 23.7 Å². The molecule has 0 saturated carbocycles. The molecule has 3 N–H and O–H groups in total. The average molecular weight is 1080 g/mol. The van der Waals surface area contributed by atoms with E-state index in [-0.39, 0.29) is 25.9 Å². The van der Waals surface area contributed by atoms with Gasteiger partial charge in [-0.15, -0.1) is 0 Å². The van der Waals surface area contributed by atoms with E-state index >= 15 is 0 Å². The van der Waals surface area contributed by atoms with Crippen molar-refractivity contribution in [3.63, 3.8) is 0 Å². The predicted molar refractivity (Wildman–Crippen MR) is 312 cm³/mol. The minimum Gasteiger partial charge on any atom is -0.479 e. The summed E-state index contributed by atoms with van der Waals surface area (Å²) in [5.41, 5.74) is 0. The van der Waals surface area contributed by atoms with Crippen molar-refractivity contribution in [3.8, 4) is 0 Å². The van der Waals surface area contributed by atoms with Gasteiger partial charge in [-0.2, -0.15) is 0 Å². The van der Waals surface area contributed by atoms with Crippen LogP contribution in [0.3, 0.4) is 0 Å².